The number of nitrogens with zero attached hydrogens (tertiary/aromatic N) is 5. The summed E-state index contributed by atoms with van der Waals surface area (Å²) in [5.41, 5.74) is 7.09. The van der Waals surface area contributed by atoms with Gasteiger partial charge in [-0.1, -0.05) is 11.8 Å². The minimum Gasteiger partial charge on any atom is -0.378 e. The van der Waals surface area contributed by atoms with Crippen LogP contribution in [0, 0.1) is 11.8 Å². The molecule has 1 aromatic carbocycles. The fourth-order valence-corrected chi connectivity index (χ4v) is 3.13. The summed E-state index contributed by atoms with van der Waals surface area (Å²) in [6.07, 6.45) is 0.140. The molecule has 10 heteroatoms. The molecule has 1 aliphatic rings. The molecule has 1 atom stereocenters. The third-order valence-electron chi connectivity index (χ3n) is 4.59. The lowest BCUT2D eigenvalue weighted by Gasteiger charge is -2.26. The molecule has 1 fully saturated rings. The number of nitrogen functional groups attached to an aromatic ring is 1. The van der Waals surface area contributed by atoms with Crippen molar-refractivity contribution in [3.63, 3.8) is 0 Å². The van der Waals surface area contributed by atoms with Crippen LogP contribution in [0.1, 0.15) is 16.1 Å². The minimum atomic E-state index is -1.36. The van der Waals surface area contributed by atoms with Gasteiger partial charge >= 0.3 is 0 Å². The van der Waals surface area contributed by atoms with Crippen LogP contribution < -0.4 is 5.73 Å². The van der Waals surface area contributed by atoms with Gasteiger partial charge in [0.1, 0.15) is 12.8 Å². The number of ether oxygens (including phenoxy) is 1. The second kappa shape index (κ2) is 8.44. The molecule has 4 rings (SSSR count). The first kappa shape index (κ1) is 19.8. The number of hydrogen-bond acceptors (Lipinski definition) is 7. The van der Waals surface area contributed by atoms with Crippen molar-refractivity contribution in [3.05, 3.63) is 41.7 Å². The number of morpholine rings is 1. The third-order valence-corrected chi connectivity index (χ3v) is 4.59. The van der Waals surface area contributed by atoms with E-state index in [0.717, 1.165) is 0 Å². The van der Waals surface area contributed by atoms with E-state index in [1.165, 1.54) is 10.9 Å². The van der Waals surface area contributed by atoms with E-state index >= 15 is 0 Å². The van der Waals surface area contributed by atoms with Gasteiger partial charge in [-0.05, 0) is 18.2 Å². The molecule has 1 aliphatic heterocycles. The lowest BCUT2D eigenvalue weighted by Crippen LogP contribution is -2.41. The van der Waals surface area contributed by atoms with Crippen LogP contribution in [0.25, 0.3) is 16.7 Å². The van der Waals surface area contributed by atoms with E-state index in [9.17, 15) is 14.3 Å². The first-order valence-electron chi connectivity index (χ1n) is 9.31. The standard InChI is InChI=1S/C20H19FN6O3/c21-12-14(28)3-1-13-2-4-15-16(11-13)27(17-5-6-23-20(22)24-17)25-18(15)19(29)26-7-9-30-10-8-26/h2,4-6,11,14,28H,7-10,12H2,(H2,22,23,24). The Labute approximate surface area is 171 Å². The number of carbonyl (C=O) groups is 1. The van der Waals surface area contributed by atoms with Gasteiger partial charge in [-0.25, -0.2) is 14.1 Å². The summed E-state index contributed by atoms with van der Waals surface area (Å²) < 4.78 is 19.3. The Bertz CT molecular complexity index is 1150. The number of benzene rings is 1. The second-order valence-electron chi connectivity index (χ2n) is 6.61. The molecule has 9 nitrogen and oxygen atoms in total. The molecular formula is C20H19FN6O3. The summed E-state index contributed by atoms with van der Waals surface area (Å²) in [4.78, 5) is 22.9. The number of nitrogens with two attached hydrogens (primary N) is 1. The Hall–Kier alpha value is -3.55. The highest BCUT2D eigenvalue weighted by Gasteiger charge is 2.25. The number of rotatable bonds is 3. The second-order valence-corrected chi connectivity index (χ2v) is 6.61. The number of aliphatic hydroxyl groups excluding tert-OH is 1. The Kier molecular flexibility index (Phi) is 5.56. The quantitative estimate of drug-likeness (QED) is 0.605. The van der Waals surface area contributed by atoms with Crippen molar-refractivity contribution in [1.29, 1.82) is 0 Å². The van der Waals surface area contributed by atoms with Gasteiger partial charge in [0, 0.05) is 36.3 Å². The Morgan fingerprint density at radius 1 is 1.33 bits per heavy atom. The van der Waals surface area contributed by atoms with Gasteiger partial charge in [0.25, 0.3) is 5.91 Å². The molecule has 0 bridgehead atoms. The number of halogens is 1. The van der Waals surface area contributed by atoms with Crippen molar-refractivity contribution >= 4 is 22.8 Å². The fourth-order valence-electron chi connectivity index (χ4n) is 3.13. The number of anilines is 1. The van der Waals surface area contributed by atoms with Crippen LogP contribution in [0.2, 0.25) is 0 Å². The normalized spacial score (nSPS) is 14.9. The van der Waals surface area contributed by atoms with E-state index in [1.807, 2.05) is 0 Å². The van der Waals surface area contributed by atoms with E-state index in [0.29, 0.717) is 48.6 Å². The topological polar surface area (TPSA) is 119 Å². The van der Waals surface area contributed by atoms with E-state index in [4.69, 9.17) is 10.5 Å². The molecule has 0 saturated carbocycles. The number of alkyl halides is 1. The summed E-state index contributed by atoms with van der Waals surface area (Å²) in [5, 5.41) is 14.5. The van der Waals surface area contributed by atoms with Gasteiger partial charge < -0.3 is 20.5 Å². The number of aliphatic hydroxyl groups is 1. The molecule has 3 heterocycles. The summed E-state index contributed by atoms with van der Waals surface area (Å²) in [6.45, 7) is 0.967. The highest BCUT2D eigenvalue weighted by molar-refractivity contribution is 6.05. The summed E-state index contributed by atoms with van der Waals surface area (Å²) >= 11 is 0. The van der Waals surface area contributed by atoms with Crippen LogP contribution in [-0.4, -0.2) is 74.7 Å². The maximum absolute atomic E-state index is 13.1. The number of carbonyl (C=O) groups excluding carboxylic acids is 1. The van der Waals surface area contributed by atoms with E-state index < -0.39 is 12.8 Å². The van der Waals surface area contributed by atoms with Gasteiger partial charge in [-0.2, -0.15) is 10.1 Å². The lowest BCUT2D eigenvalue weighted by atomic mass is 10.1. The van der Waals surface area contributed by atoms with Gasteiger partial charge in [0.05, 0.1) is 18.7 Å². The molecular weight excluding hydrogens is 391 g/mol. The van der Waals surface area contributed by atoms with Crippen LogP contribution in [0.3, 0.4) is 0 Å². The smallest absolute Gasteiger partial charge is 0.275 e. The Morgan fingerprint density at radius 3 is 2.87 bits per heavy atom. The van der Waals surface area contributed by atoms with E-state index in [-0.39, 0.29) is 17.5 Å². The van der Waals surface area contributed by atoms with Crippen molar-refractivity contribution in [2.75, 3.05) is 38.7 Å². The first-order chi connectivity index (χ1) is 14.6. The van der Waals surface area contributed by atoms with Crippen molar-refractivity contribution in [3.8, 4) is 17.7 Å². The predicted octanol–water partition coefficient (Wildman–Crippen LogP) is 0.552. The number of fused-ring (bicyclic) bond motifs is 1. The largest absolute Gasteiger partial charge is 0.378 e. The third kappa shape index (κ3) is 3.94. The maximum atomic E-state index is 13.1. The van der Waals surface area contributed by atoms with Gasteiger partial charge in [-0.3, -0.25) is 4.79 Å². The van der Waals surface area contributed by atoms with Crippen molar-refractivity contribution in [2.24, 2.45) is 0 Å². The van der Waals surface area contributed by atoms with Crippen LogP contribution in [0.15, 0.2) is 30.5 Å². The lowest BCUT2D eigenvalue weighted by molar-refractivity contribution is 0.0300. The van der Waals surface area contributed by atoms with Gasteiger partial charge in [-0.15, -0.1) is 0 Å². The molecule has 1 amide bonds. The summed E-state index contributed by atoms with van der Waals surface area (Å²) in [7, 11) is 0. The van der Waals surface area contributed by atoms with Crippen LogP contribution in [0.4, 0.5) is 10.3 Å². The summed E-state index contributed by atoms with van der Waals surface area (Å²) in [5.74, 6) is 5.41. The zero-order valence-electron chi connectivity index (χ0n) is 16.0. The Balaban J connectivity index is 1.84. The average molecular weight is 410 g/mol. The monoisotopic (exact) mass is 410 g/mol. The van der Waals surface area contributed by atoms with Crippen LogP contribution in [0.5, 0.6) is 0 Å². The average Bonchev–Trinajstić information content (AvgIpc) is 3.16. The molecule has 2 aromatic heterocycles. The molecule has 3 N–H and O–H groups in total. The molecule has 0 spiro atoms. The molecule has 1 saturated heterocycles. The predicted molar refractivity (Wildman–Crippen MR) is 107 cm³/mol. The first-order valence-corrected chi connectivity index (χ1v) is 9.31. The van der Waals surface area contributed by atoms with Gasteiger partial charge in [0.15, 0.2) is 11.5 Å². The highest BCUT2D eigenvalue weighted by atomic mass is 19.1. The van der Waals surface area contributed by atoms with Crippen molar-refractivity contribution < 1.29 is 19.0 Å². The number of aromatic nitrogens is 4. The zero-order valence-corrected chi connectivity index (χ0v) is 16.0. The van der Waals surface area contributed by atoms with E-state index in [2.05, 4.69) is 26.9 Å². The molecule has 1 unspecified atom stereocenters. The molecule has 154 valence electrons. The van der Waals surface area contributed by atoms with Gasteiger partial charge in [0.2, 0.25) is 5.95 Å². The minimum absolute atomic E-state index is 0.0687. The number of hydrogen-bond donors (Lipinski definition) is 2. The number of amides is 1. The summed E-state index contributed by atoms with van der Waals surface area (Å²) in [6, 6.07) is 6.74. The molecule has 3 aromatic rings. The highest BCUT2D eigenvalue weighted by Crippen LogP contribution is 2.24. The SMILES string of the molecule is Nc1nccc(-n2nc(C(=O)N3CCOCC3)c3ccc(C#CC(O)CF)cc32)n1. The fraction of sp³-hybridized carbons (Fsp3) is 0.300. The zero-order chi connectivity index (χ0) is 21.1. The molecule has 0 aliphatic carbocycles. The van der Waals surface area contributed by atoms with Crippen LogP contribution >= 0.6 is 0 Å². The van der Waals surface area contributed by atoms with Crippen LogP contribution in [-0.2, 0) is 4.74 Å². The van der Waals surface area contributed by atoms with Crippen molar-refractivity contribution in [1.82, 2.24) is 24.6 Å². The van der Waals surface area contributed by atoms with Crippen molar-refractivity contribution in [2.45, 2.75) is 6.10 Å². The maximum Gasteiger partial charge on any atom is 0.275 e. The molecule has 30 heavy (non-hydrogen) atoms. The van der Waals surface area contributed by atoms with E-state index in [1.54, 1.807) is 29.2 Å². The molecule has 0 radical (unpaired) electrons. The Morgan fingerprint density at radius 2 is 2.13 bits per heavy atom.